The fourth-order valence-electron chi connectivity index (χ4n) is 1.35. The molecule has 4 heteroatoms. The molecular formula is C11H13N3O. The Morgan fingerprint density at radius 2 is 2.13 bits per heavy atom. The predicted octanol–water partition coefficient (Wildman–Crippen LogP) is 1.92. The van der Waals surface area contributed by atoms with E-state index in [9.17, 15) is 0 Å². The normalized spacial score (nSPS) is 12.6. The van der Waals surface area contributed by atoms with E-state index in [2.05, 4.69) is 22.2 Å². The van der Waals surface area contributed by atoms with Gasteiger partial charge in [0.1, 0.15) is 5.76 Å². The van der Waals surface area contributed by atoms with Crippen molar-refractivity contribution in [1.29, 1.82) is 0 Å². The number of rotatable bonds is 4. The van der Waals surface area contributed by atoms with Crippen molar-refractivity contribution in [2.75, 3.05) is 0 Å². The minimum Gasteiger partial charge on any atom is -0.447 e. The first kappa shape index (κ1) is 9.86. The first-order chi connectivity index (χ1) is 7.36. The van der Waals surface area contributed by atoms with Gasteiger partial charge in [-0.2, -0.15) is 0 Å². The summed E-state index contributed by atoms with van der Waals surface area (Å²) in [4.78, 5) is 7.84. The molecule has 0 aliphatic carbocycles. The summed E-state index contributed by atoms with van der Waals surface area (Å²) in [6.45, 7) is 2.79. The van der Waals surface area contributed by atoms with E-state index in [1.54, 1.807) is 18.6 Å². The van der Waals surface area contributed by atoms with Crippen molar-refractivity contribution >= 4 is 0 Å². The Hall–Kier alpha value is -1.68. The number of nitrogens with zero attached hydrogens (tertiary/aromatic N) is 2. The van der Waals surface area contributed by atoms with Gasteiger partial charge in [-0.05, 0) is 24.6 Å². The van der Waals surface area contributed by atoms with Gasteiger partial charge in [-0.15, -0.1) is 0 Å². The smallest absolute Gasteiger partial charge is 0.180 e. The Labute approximate surface area is 88.4 Å². The lowest BCUT2D eigenvalue weighted by Gasteiger charge is -2.12. The van der Waals surface area contributed by atoms with E-state index in [4.69, 9.17) is 4.42 Å². The number of hydrogen-bond donors (Lipinski definition) is 1. The number of aromatic nitrogens is 2. The molecule has 2 aromatic rings. The van der Waals surface area contributed by atoms with E-state index in [0.29, 0.717) is 6.54 Å². The van der Waals surface area contributed by atoms with Gasteiger partial charge >= 0.3 is 0 Å². The maximum absolute atomic E-state index is 5.13. The van der Waals surface area contributed by atoms with E-state index in [1.807, 2.05) is 12.1 Å². The van der Waals surface area contributed by atoms with Gasteiger partial charge in [-0.3, -0.25) is 4.98 Å². The molecular weight excluding hydrogens is 190 g/mol. The van der Waals surface area contributed by atoms with Crippen LogP contribution in [0.15, 0.2) is 41.5 Å². The zero-order valence-corrected chi connectivity index (χ0v) is 8.55. The summed E-state index contributed by atoms with van der Waals surface area (Å²) in [7, 11) is 0. The molecule has 1 N–H and O–H groups in total. The first-order valence-corrected chi connectivity index (χ1v) is 4.87. The minimum atomic E-state index is 0.276. The average molecular weight is 203 g/mol. The van der Waals surface area contributed by atoms with Crippen LogP contribution in [0.5, 0.6) is 0 Å². The highest BCUT2D eigenvalue weighted by molar-refractivity contribution is 5.14. The molecule has 0 radical (unpaired) electrons. The summed E-state index contributed by atoms with van der Waals surface area (Å²) in [6, 6.07) is 4.27. The third-order valence-corrected chi connectivity index (χ3v) is 2.27. The summed E-state index contributed by atoms with van der Waals surface area (Å²) in [5.74, 6) is 0.843. The van der Waals surface area contributed by atoms with Gasteiger partial charge in [-0.25, -0.2) is 4.98 Å². The van der Waals surface area contributed by atoms with Crippen molar-refractivity contribution in [3.63, 3.8) is 0 Å². The van der Waals surface area contributed by atoms with Gasteiger partial charge in [0.2, 0.25) is 0 Å². The zero-order valence-electron chi connectivity index (χ0n) is 8.55. The molecule has 0 bridgehead atoms. The molecule has 1 atom stereocenters. The Kier molecular flexibility index (Phi) is 3.09. The van der Waals surface area contributed by atoms with Crippen molar-refractivity contribution in [2.24, 2.45) is 0 Å². The molecule has 4 nitrogen and oxygen atoms in total. The van der Waals surface area contributed by atoms with Crippen LogP contribution in [0, 0.1) is 0 Å². The van der Waals surface area contributed by atoms with Crippen LogP contribution in [0.3, 0.4) is 0 Å². The molecule has 0 spiro atoms. The number of hydrogen-bond acceptors (Lipinski definition) is 4. The highest BCUT2D eigenvalue weighted by Gasteiger charge is 2.04. The molecule has 0 saturated heterocycles. The molecule has 2 aromatic heterocycles. The molecule has 0 aromatic carbocycles. The van der Waals surface area contributed by atoms with Gasteiger partial charge in [0.15, 0.2) is 6.39 Å². The van der Waals surface area contributed by atoms with Gasteiger partial charge in [0, 0.05) is 18.4 Å². The summed E-state index contributed by atoms with van der Waals surface area (Å²) < 4.78 is 5.13. The molecule has 0 fully saturated rings. The van der Waals surface area contributed by atoms with E-state index < -0.39 is 0 Å². The van der Waals surface area contributed by atoms with Crippen LogP contribution in [0.4, 0.5) is 0 Å². The Balaban J connectivity index is 1.90. The molecule has 0 saturated carbocycles. The van der Waals surface area contributed by atoms with Crippen molar-refractivity contribution in [3.8, 4) is 0 Å². The van der Waals surface area contributed by atoms with Crippen LogP contribution in [-0.2, 0) is 6.54 Å². The molecule has 2 rings (SSSR count). The highest BCUT2D eigenvalue weighted by Crippen LogP contribution is 2.10. The maximum atomic E-state index is 5.13. The largest absolute Gasteiger partial charge is 0.447 e. The Morgan fingerprint density at radius 3 is 2.80 bits per heavy atom. The minimum absolute atomic E-state index is 0.276. The molecule has 15 heavy (non-hydrogen) atoms. The Morgan fingerprint density at radius 1 is 1.33 bits per heavy atom. The molecule has 2 heterocycles. The van der Waals surface area contributed by atoms with Crippen molar-refractivity contribution < 1.29 is 4.42 Å². The van der Waals surface area contributed by atoms with Crippen molar-refractivity contribution in [2.45, 2.75) is 19.5 Å². The monoisotopic (exact) mass is 203 g/mol. The topological polar surface area (TPSA) is 51.0 Å². The van der Waals surface area contributed by atoms with Crippen LogP contribution in [-0.4, -0.2) is 9.97 Å². The summed E-state index contributed by atoms with van der Waals surface area (Å²) in [6.07, 6.45) is 6.74. The van der Waals surface area contributed by atoms with Crippen LogP contribution in [0.25, 0.3) is 0 Å². The second-order valence-electron chi connectivity index (χ2n) is 3.35. The molecule has 0 aliphatic rings. The van der Waals surface area contributed by atoms with Crippen molar-refractivity contribution in [1.82, 2.24) is 15.3 Å². The molecule has 78 valence electrons. The molecule has 0 amide bonds. The van der Waals surface area contributed by atoms with Crippen molar-refractivity contribution in [3.05, 3.63) is 48.4 Å². The van der Waals surface area contributed by atoms with Gasteiger partial charge in [0.05, 0.1) is 12.7 Å². The fraction of sp³-hybridized carbons (Fsp3) is 0.273. The van der Waals surface area contributed by atoms with E-state index >= 15 is 0 Å². The van der Waals surface area contributed by atoms with Crippen LogP contribution in [0.1, 0.15) is 24.3 Å². The molecule has 0 aliphatic heterocycles. The first-order valence-electron chi connectivity index (χ1n) is 4.87. The fourth-order valence-corrected chi connectivity index (χ4v) is 1.35. The second kappa shape index (κ2) is 4.70. The van der Waals surface area contributed by atoms with E-state index in [1.165, 1.54) is 12.0 Å². The van der Waals surface area contributed by atoms with E-state index in [0.717, 1.165) is 5.76 Å². The summed E-state index contributed by atoms with van der Waals surface area (Å²) in [5, 5.41) is 3.34. The average Bonchev–Trinajstić information content (AvgIpc) is 2.80. The predicted molar refractivity (Wildman–Crippen MR) is 56.0 cm³/mol. The lowest BCUT2D eigenvalue weighted by molar-refractivity contribution is 0.458. The SMILES string of the molecule is C[C@H](NCc1cnco1)c1ccncc1. The van der Waals surface area contributed by atoms with E-state index in [-0.39, 0.29) is 6.04 Å². The lowest BCUT2D eigenvalue weighted by atomic mass is 10.1. The van der Waals surface area contributed by atoms with Crippen LogP contribution in [0.2, 0.25) is 0 Å². The third kappa shape index (κ3) is 2.63. The number of pyridine rings is 1. The second-order valence-corrected chi connectivity index (χ2v) is 3.35. The van der Waals surface area contributed by atoms with Crippen LogP contribution >= 0.6 is 0 Å². The van der Waals surface area contributed by atoms with Gasteiger partial charge in [-0.1, -0.05) is 0 Å². The maximum Gasteiger partial charge on any atom is 0.180 e. The quantitative estimate of drug-likeness (QED) is 0.824. The highest BCUT2D eigenvalue weighted by atomic mass is 16.3. The number of nitrogens with one attached hydrogen (secondary N) is 1. The Bertz CT molecular complexity index is 385. The summed E-state index contributed by atoms with van der Waals surface area (Å²) >= 11 is 0. The zero-order chi connectivity index (χ0) is 10.5. The summed E-state index contributed by atoms with van der Waals surface area (Å²) in [5.41, 5.74) is 1.21. The number of oxazole rings is 1. The third-order valence-electron chi connectivity index (χ3n) is 2.27. The van der Waals surface area contributed by atoms with Crippen LogP contribution < -0.4 is 5.32 Å². The standard InChI is InChI=1S/C11H13N3O/c1-9(10-2-4-12-5-3-10)14-7-11-6-13-8-15-11/h2-6,8-9,14H,7H2,1H3/t9-/m0/s1. The molecule has 0 unspecified atom stereocenters. The van der Waals surface area contributed by atoms with Gasteiger partial charge < -0.3 is 9.73 Å². The lowest BCUT2D eigenvalue weighted by Crippen LogP contribution is -2.17. The van der Waals surface area contributed by atoms with Gasteiger partial charge in [0.25, 0.3) is 0 Å².